The Bertz CT molecular complexity index is 29.8. The Morgan fingerprint density at radius 2 is 1.11 bits per heavy atom. The Kier molecular flexibility index (Phi) is 17.2. The quantitative estimate of drug-likeness (QED) is 0.591. The van der Waals surface area contributed by atoms with Gasteiger partial charge in [-0.15, -0.1) is 25.8 Å². The van der Waals surface area contributed by atoms with E-state index in [-0.39, 0.29) is 0 Å². The second kappa shape index (κ2) is 12.0. The first kappa shape index (κ1) is 12.9. The van der Waals surface area contributed by atoms with E-state index in [4.69, 9.17) is 0 Å². The smallest absolute Gasteiger partial charge is 0.0355 e. The van der Waals surface area contributed by atoms with Gasteiger partial charge in [0.1, 0.15) is 0 Å². The zero-order valence-corrected chi connectivity index (χ0v) is 9.93. The molecule has 0 nitrogen and oxygen atoms in total. The van der Waals surface area contributed by atoms with Crippen LogP contribution in [0, 0.1) is 0 Å². The van der Waals surface area contributed by atoms with E-state index < -0.39 is 0 Å². The summed E-state index contributed by atoms with van der Waals surface area (Å²) in [5, 5.41) is 0. The normalized spacial score (nSPS) is 8.67. The molecule has 0 amide bonds. The maximum atomic E-state index is 2.33. The molecule has 0 aliphatic heterocycles. The molecule has 58 valence electrons. The van der Waals surface area contributed by atoms with E-state index in [1.165, 1.54) is 18.5 Å². The van der Waals surface area contributed by atoms with Gasteiger partial charge in [0, 0.05) is 0 Å². The highest BCUT2D eigenvalue weighted by Gasteiger charge is 1.94. The van der Waals surface area contributed by atoms with E-state index in [0.29, 0.717) is 7.92 Å². The average Bonchev–Trinajstić information content (AvgIpc) is 1.96. The molecule has 0 N–H and O–H groups in total. The predicted molar refractivity (Wildman–Crippen MR) is 58.0 cm³/mol. The van der Waals surface area contributed by atoms with Crippen molar-refractivity contribution in [2.75, 3.05) is 18.5 Å². The van der Waals surface area contributed by atoms with Gasteiger partial charge in [0.2, 0.25) is 0 Å². The molecule has 2 unspecified atom stereocenters. The molecule has 0 bridgehead atoms. The zero-order chi connectivity index (χ0) is 7.70. The summed E-state index contributed by atoms with van der Waals surface area (Å²) in [5.41, 5.74) is 0. The summed E-state index contributed by atoms with van der Waals surface area (Å²) in [6.45, 7) is 6.87. The molecule has 0 fully saturated rings. The maximum absolute atomic E-state index is 2.33. The van der Waals surface area contributed by atoms with Crippen LogP contribution in [0.4, 0.5) is 0 Å². The summed E-state index contributed by atoms with van der Waals surface area (Å²) in [7, 11) is 5.11. The topological polar surface area (TPSA) is 0 Å². The summed E-state index contributed by atoms with van der Waals surface area (Å²) < 4.78 is 0. The predicted octanol–water partition coefficient (Wildman–Crippen LogP) is 3.18. The third-order valence-corrected chi connectivity index (χ3v) is 4.02. The van der Waals surface area contributed by atoms with Gasteiger partial charge in [-0.05, 0) is 18.5 Å². The minimum absolute atomic E-state index is 0.446. The average molecular weight is 184 g/mol. The summed E-state index contributed by atoms with van der Waals surface area (Å²) in [5.74, 6) is 0. The van der Waals surface area contributed by atoms with Crippen LogP contribution in [0.1, 0.15) is 20.8 Å². The Hall–Kier alpha value is 1.29. The van der Waals surface area contributed by atoms with Crippen LogP contribution in [0.5, 0.6) is 0 Å². The van der Waals surface area contributed by atoms with E-state index >= 15 is 0 Å². The van der Waals surface area contributed by atoms with Gasteiger partial charge >= 0.3 is 0 Å². The molecular formula is C6H19P3. The van der Waals surface area contributed by atoms with Gasteiger partial charge in [-0.2, -0.15) is 0 Å². The van der Waals surface area contributed by atoms with Crippen LogP contribution in [-0.4, -0.2) is 18.5 Å². The van der Waals surface area contributed by atoms with Crippen molar-refractivity contribution >= 4 is 25.8 Å². The van der Waals surface area contributed by atoms with E-state index in [2.05, 4.69) is 38.6 Å². The Balaban J connectivity index is 0. The second-order valence-electron chi connectivity index (χ2n) is 1.62. The van der Waals surface area contributed by atoms with Crippen LogP contribution in [0.25, 0.3) is 0 Å². The first-order valence-electron chi connectivity index (χ1n) is 3.40. The van der Waals surface area contributed by atoms with Crippen molar-refractivity contribution in [3.63, 3.8) is 0 Å². The molecule has 0 spiro atoms. The molecule has 0 aromatic carbocycles. The van der Waals surface area contributed by atoms with Crippen molar-refractivity contribution in [3.05, 3.63) is 0 Å². The fraction of sp³-hybridized carbons (Fsp3) is 1.00. The third kappa shape index (κ3) is 9.29. The highest BCUT2D eigenvalue weighted by atomic mass is 32.0. The molecule has 9 heavy (non-hydrogen) atoms. The van der Waals surface area contributed by atoms with Gasteiger partial charge in [0.05, 0.1) is 0 Å². The Morgan fingerprint density at radius 3 is 1.11 bits per heavy atom. The largest absolute Gasteiger partial charge is 0.118 e. The van der Waals surface area contributed by atoms with Gasteiger partial charge < -0.3 is 0 Å². The minimum Gasteiger partial charge on any atom is -0.118 e. The molecule has 0 heterocycles. The van der Waals surface area contributed by atoms with E-state index in [1.54, 1.807) is 0 Å². The summed E-state index contributed by atoms with van der Waals surface area (Å²) in [4.78, 5) is 0. The molecule has 0 radical (unpaired) electrons. The monoisotopic (exact) mass is 184 g/mol. The molecule has 3 heteroatoms. The molecule has 0 saturated heterocycles. The fourth-order valence-corrected chi connectivity index (χ4v) is 2.01. The standard InChI is InChI=1S/C6H15P.H4P2/c1-4-7(5-2)6-3;1-2/h4-6H2,1-3H3;1-2H2. The van der Waals surface area contributed by atoms with Crippen molar-refractivity contribution in [2.24, 2.45) is 0 Å². The van der Waals surface area contributed by atoms with Crippen LogP contribution < -0.4 is 0 Å². The van der Waals surface area contributed by atoms with Crippen molar-refractivity contribution < 1.29 is 0 Å². The van der Waals surface area contributed by atoms with Crippen LogP contribution in [0.2, 0.25) is 0 Å². The SMILES string of the molecule is CCP(CC)CC.PP. The minimum atomic E-state index is 0.446. The van der Waals surface area contributed by atoms with Crippen molar-refractivity contribution in [3.8, 4) is 0 Å². The van der Waals surface area contributed by atoms with Crippen LogP contribution in [0.15, 0.2) is 0 Å². The van der Waals surface area contributed by atoms with Gasteiger partial charge in [0.15, 0.2) is 0 Å². The highest BCUT2D eigenvalue weighted by molar-refractivity contribution is 7.92. The number of hydrogen-bond donors (Lipinski definition) is 0. The summed E-state index contributed by atoms with van der Waals surface area (Å²) in [6.07, 6.45) is 4.26. The molecule has 0 aliphatic carbocycles. The van der Waals surface area contributed by atoms with Crippen molar-refractivity contribution in [2.45, 2.75) is 20.8 Å². The van der Waals surface area contributed by atoms with Crippen LogP contribution >= 0.6 is 25.8 Å². The second-order valence-corrected chi connectivity index (χ2v) is 4.86. The van der Waals surface area contributed by atoms with E-state index in [9.17, 15) is 0 Å². The van der Waals surface area contributed by atoms with Crippen LogP contribution in [-0.2, 0) is 0 Å². The van der Waals surface area contributed by atoms with Gasteiger partial charge in [-0.25, -0.2) is 0 Å². The maximum Gasteiger partial charge on any atom is -0.0355 e. The molecule has 2 atom stereocenters. The molecule has 0 aliphatic rings. The lowest BCUT2D eigenvalue weighted by Crippen LogP contribution is -1.83. The van der Waals surface area contributed by atoms with E-state index in [1.807, 2.05) is 0 Å². The van der Waals surface area contributed by atoms with Crippen molar-refractivity contribution in [1.29, 1.82) is 0 Å². The molecular weight excluding hydrogens is 165 g/mol. The number of hydrogen-bond acceptors (Lipinski definition) is 0. The Labute approximate surface area is 65.6 Å². The third-order valence-electron chi connectivity index (χ3n) is 1.34. The van der Waals surface area contributed by atoms with Crippen LogP contribution in [0.3, 0.4) is 0 Å². The highest BCUT2D eigenvalue weighted by Crippen LogP contribution is 2.32. The first-order chi connectivity index (χ1) is 4.35. The Morgan fingerprint density at radius 1 is 0.889 bits per heavy atom. The number of rotatable bonds is 3. The lowest BCUT2D eigenvalue weighted by Gasteiger charge is -2.07. The summed E-state index contributed by atoms with van der Waals surface area (Å²) in [6, 6.07) is 0. The molecule has 0 aromatic rings. The fourth-order valence-electron chi connectivity index (χ4n) is 0.671. The molecule has 0 rings (SSSR count). The lowest BCUT2D eigenvalue weighted by molar-refractivity contribution is 1.35. The van der Waals surface area contributed by atoms with Gasteiger partial charge in [-0.1, -0.05) is 20.8 Å². The van der Waals surface area contributed by atoms with Gasteiger partial charge in [-0.3, -0.25) is 0 Å². The zero-order valence-electron chi connectivity index (χ0n) is 6.72. The lowest BCUT2D eigenvalue weighted by atomic mass is 10.9. The first-order valence-corrected chi connectivity index (χ1v) is 7.97. The molecule has 0 aromatic heterocycles. The van der Waals surface area contributed by atoms with E-state index in [0.717, 1.165) is 0 Å². The molecule has 0 saturated carbocycles. The summed E-state index contributed by atoms with van der Waals surface area (Å²) >= 11 is 0. The van der Waals surface area contributed by atoms with Crippen molar-refractivity contribution in [1.82, 2.24) is 0 Å². The van der Waals surface area contributed by atoms with Gasteiger partial charge in [0.25, 0.3) is 0 Å².